The van der Waals surface area contributed by atoms with E-state index in [1.54, 1.807) is 54.9 Å². The molecule has 432 valence electrons. The van der Waals surface area contributed by atoms with E-state index in [-0.39, 0.29) is 123 Å². The molecule has 3 amide bonds. The Hall–Kier alpha value is -4.23. The van der Waals surface area contributed by atoms with Crippen LogP contribution in [0.25, 0.3) is 0 Å². The van der Waals surface area contributed by atoms with Crippen LogP contribution >= 0.6 is 19.1 Å². The predicted octanol–water partition coefficient (Wildman–Crippen LogP) is 9.33. The van der Waals surface area contributed by atoms with E-state index in [2.05, 4.69) is 6.92 Å². The fourth-order valence-electron chi connectivity index (χ4n) is 12.3. The van der Waals surface area contributed by atoms with Gasteiger partial charge in [0.2, 0.25) is 17.7 Å². The maximum atomic E-state index is 15.2. The minimum absolute atomic E-state index is 0.00607. The van der Waals surface area contributed by atoms with Gasteiger partial charge < -0.3 is 23.7 Å². The molecule has 9 atom stereocenters. The summed E-state index contributed by atoms with van der Waals surface area (Å²) >= 11 is 1.37. The van der Waals surface area contributed by atoms with E-state index < -0.39 is 52.1 Å². The van der Waals surface area contributed by atoms with E-state index in [1.165, 1.54) is 23.8 Å². The Morgan fingerprint density at radius 3 is 2.18 bits per heavy atom. The lowest BCUT2D eigenvalue weighted by atomic mass is 9.88. The first-order valence-corrected chi connectivity index (χ1v) is 32.6. The highest BCUT2D eigenvalue weighted by Gasteiger charge is 2.50. The van der Waals surface area contributed by atoms with Crippen molar-refractivity contribution in [3.05, 3.63) is 52.1 Å². The van der Waals surface area contributed by atoms with Crippen LogP contribution in [-0.4, -0.2) is 157 Å². The molecule has 0 spiro atoms. The third kappa shape index (κ3) is 15.2. The highest BCUT2D eigenvalue weighted by Crippen LogP contribution is 2.50. The van der Waals surface area contributed by atoms with Gasteiger partial charge in [-0.15, -0.1) is 11.8 Å². The number of aryl methyl sites for hydroxylation is 2. The molecule has 1 N–H and O–H groups in total. The summed E-state index contributed by atoms with van der Waals surface area (Å²) in [6.45, 7) is 4.72. The number of imide groups is 1. The molecule has 16 nitrogen and oxygen atoms in total. The summed E-state index contributed by atoms with van der Waals surface area (Å²) in [6, 6.07) is 6.65. The number of ether oxygens (including phenoxy) is 3. The number of carbonyl (C=O) groups is 6. The number of methoxy groups -OCH3 is 1. The number of rotatable bonds is 29. The van der Waals surface area contributed by atoms with Gasteiger partial charge in [-0.2, -0.15) is 8.42 Å². The van der Waals surface area contributed by atoms with Crippen LogP contribution in [0.2, 0.25) is 0 Å². The van der Waals surface area contributed by atoms with Gasteiger partial charge >= 0.3 is 0 Å². The number of thioether (sulfide) groups is 1. The van der Waals surface area contributed by atoms with Crippen LogP contribution in [0.3, 0.4) is 0 Å². The van der Waals surface area contributed by atoms with Crippen molar-refractivity contribution in [2.45, 2.75) is 152 Å². The highest BCUT2D eigenvalue weighted by atomic mass is 32.2. The topological polar surface area (TPSA) is 211 Å². The Bertz CT molecular complexity index is 2690. The van der Waals surface area contributed by atoms with E-state index in [9.17, 15) is 50.5 Å². The molecule has 4 aliphatic carbocycles. The lowest BCUT2D eigenvalue weighted by molar-refractivity contribution is -0.138. The SMILES string of the molecule is CCCCCCC(=O)CCCN1C(=O)CC(SCCCC(=O)N(C)CCCN(C)P(=O)(CCOc2cc3c(cc2C)C(=O)C2C[C@@H](F)C[C@H]2C(S(=O)(=O)O)C3)CCOc2cc3c(cc2OC)C(=O)C2C[C@@H](F)C[C@H]2CC3)C1=O. The van der Waals surface area contributed by atoms with Gasteiger partial charge in [-0.1, -0.05) is 26.2 Å². The van der Waals surface area contributed by atoms with E-state index in [0.717, 1.165) is 31.2 Å². The largest absolute Gasteiger partial charge is 0.493 e. The molecule has 5 aliphatic rings. The van der Waals surface area contributed by atoms with Crippen LogP contribution in [0.15, 0.2) is 24.3 Å². The number of benzene rings is 2. The first-order valence-electron chi connectivity index (χ1n) is 28.1. The first kappa shape index (κ1) is 61.4. The Labute approximate surface area is 463 Å². The van der Waals surface area contributed by atoms with Crippen molar-refractivity contribution in [1.82, 2.24) is 14.5 Å². The van der Waals surface area contributed by atoms with Crippen molar-refractivity contribution in [3.8, 4) is 17.2 Å². The molecule has 21 heteroatoms. The molecule has 3 fully saturated rings. The fourth-order valence-corrected chi connectivity index (χ4v) is 16.7. The van der Waals surface area contributed by atoms with Crippen molar-refractivity contribution in [3.63, 3.8) is 0 Å². The summed E-state index contributed by atoms with van der Waals surface area (Å²) in [5, 5.41) is -1.88. The minimum Gasteiger partial charge on any atom is -0.493 e. The number of carbonyl (C=O) groups excluding carboxylic acids is 6. The summed E-state index contributed by atoms with van der Waals surface area (Å²) in [5.74, 6) is -1.47. The number of hydrogen-bond donors (Lipinski definition) is 1. The molecule has 78 heavy (non-hydrogen) atoms. The number of nitrogens with zero attached hydrogens (tertiary/aromatic N) is 3. The molecule has 2 aromatic rings. The van der Waals surface area contributed by atoms with Gasteiger partial charge in [-0.05, 0) is 143 Å². The second-order valence-electron chi connectivity index (χ2n) is 22.3. The average molecular weight is 1150 g/mol. The van der Waals surface area contributed by atoms with Crippen LogP contribution in [0.1, 0.15) is 147 Å². The molecule has 0 aromatic heterocycles. The summed E-state index contributed by atoms with van der Waals surface area (Å²) in [7, 11) is -3.08. The van der Waals surface area contributed by atoms with Gasteiger partial charge in [0.1, 0.15) is 23.9 Å². The van der Waals surface area contributed by atoms with Crippen LogP contribution in [0.5, 0.6) is 17.2 Å². The smallest absolute Gasteiger partial charge is 0.268 e. The van der Waals surface area contributed by atoms with Gasteiger partial charge in [-0.3, -0.25) is 42.9 Å². The number of ketones is 3. The molecule has 0 radical (unpaired) electrons. The first-order chi connectivity index (χ1) is 37.1. The van der Waals surface area contributed by atoms with Crippen molar-refractivity contribution in [2.24, 2.45) is 23.7 Å². The minimum atomic E-state index is -4.65. The van der Waals surface area contributed by atoms with Crippen LogP contribution in [0, 0.1) is 30.6 Å². The number of alkyl halides is 2. The molecule has 5 unspecified atom stereocenters. The van der Waals surface area contributed by atoms with Gasteiger partial charge in [0.15, 0.2) is 30.4 Å². The van der Waals surface area contributed by atoms with Gasteiger partial charge in [-0.25, -0.2) is 8.78 Å². The second-order valence-corrected chi connectivity index (χ2v) is 28.5. The zero-order chi connectivity index (χ0) is 56.5. The number of fused-ring (bicyclic) bond motifs is 4. The Kier molecular flexibility index (Phi) is 21.6. The molecule has 1 heterocycles. The van der Waals surface area contributed by atoms with E-state index in [0.29, 0.717) is 104 Å². The maximum absolute atomic E-state index is 15.2. The van der Waals surface area contributed by atoms with Crippen LogP contribution in [0.4, 0.5) is 8.78 Å². The third-order valence-electron chi connectivity index (χ3n) is 16.9. The molecule has 2 saturated carbocycles. The van der Waals surface area contributed by atoms with Gasteiger partial charge in [0.05, 0.1) is 30.8 Å². The lowest BCUT2D eigenvalue weighted by Gasteiger charge is -2.29. The van der Waals surface area contributed by atoms with Crippen LogP contribution < -0.4 is 14.2 Å². The molecule has 1 saturated heterocycles. The number of hydrogen-bond acceptors (Lipinski definition) is 13. The summed E-state index contributed by atoms with van der Waals surface area (Å²) in [4.78, 5) is 81.6. The predicted molar refractivity (Wildman–Crippen MR) is 295 cm³/mol. The Morgan fingerprint density at radius 2 is 1.46 bits per heavy atom. The summed E-state index contributed by atoms with van der Waals surface area (Å²) in [6.07, 6.45) is 5.86. The molecule has 7 rings (SSSR count). The van der Waals surface area contributed by atoms with E-state index in [4.69, 9.17) is 14.2 Å². The molecule has 2 aromatic carbocycles. The van der Waals surface area contributed by atoms with Crippen molar-refractivity contribution < 1.29 is 69.3 Å². The van der Waals surface area contributed by atoms with Crippen molar-refractivity contribution in [1.29, 1.82) is 0 Å². The van der Waals surface area contributed by atoms with Crippen molar-refractivity contribution in [2.75, 3.05) is 72.1 Å². The maximum Gasteiger partial charge on any atom is 0.268 e. The van der Waals surface area contributed by atoms with Crippen LogP contribution in [-0.2, 0) is 46.7 Å². The second kappa shape index (κ2) is 27.5. The van der Waals surface area contributed by atoms with Gasteiger partial charge in [0, 0.05) is 87.7 Å². The van der Waals surface area contributed by atoms with E-state index >= 15 is 4.57 Å². The lowest BCUT2D eigenvalue weighted by Crippen LogP contribution is -2.34. The molecular formula is C57H80F2N3O13PS2. The third-order valence-corrected chi connectivity index (χ3v) is 22.7. The standard InChI is InChI=1S/C57H80F2N3O13PS2/c1-6-7-8-9-13-42(63)14-10-20-62-54(65)35-51(57(62)68)77-25-11-15-53(64)60(3)18-12-19-61(4)76(69,24-22-75-50-28-38-17-16-37-27-40(58)31-44(37)55(66)45(38)34-49(50)73-5)23-21-74-48-29-39-30-52(78(70,71)72)46-32-41(59)33-47(46)56(67)43(39)26-36(48)2/h26,28-29,34,37,40-41,44,46-47,51-52H,6-25,27,30-33,35H2,1-5H3,(H,70,71,72)/t37-,40+,41+,44?,46-,47?,51?,52?,76?/m1/s1. The molecular weight excluding hydrogens is 1070 g/mol. The fraction of sp³-hybridized carbons (Fsp3) is 0.684. The summed E-state index contributed by atoms with van der Waals surface area (Å²) < 4.78 is 99.8. The number of unbranched alkanes of at least 4 members (excludes halogenated alkanes) is 3. The van der Waals surface area contributed by atoms with Crippen molar-refractivity contribution >= 4 is 64.2 Å². The number of amides is 3. The Morgan fingerprint density at radius 1 is 0.795 bits per heavy atom. The zero-order valence-electron chi connectivity index (χ0n) is 46.0. The normalized spacial score (nSPS) is 24.8. The molecule has 1 aliphatic heterocycles. The Balaban J connectivity index is 0.948. The zero-order valence-corrected chi connectivity index (χ0v) is 48.5. The number of likely N-dealkylation sites (tertiary alicyclic amines) is 1. The van der Waals surface area contributed by atoms with Gasteiger partial charge in [0.25, 0.3) is 10.1 Å². The quantitative estimate of drug-likeness (QED) is 0.0348. The number of Topliss-reactive ketones (excluding diaryl/α,β-unsaturated/α-hetero) is 3. The molecule has 0 bridgehead atoms. The van der Waals surface area contributed by atoms with E-state index in [1.807, 2.05) is 0 Å². The highest BCUT2D eigenvalue weighted by molar-refractivity contribution is 8.00. The number of halogens is 2. The average Bonchev–Trinajstić information content (AvgIpc) is 4.02. The monoisotopic (exact) mass is 1150 g/mol. The summed E-state index contributed by atoms with van der Waals surface area (Å²) in [5.41, 5.74) is 2.49.